The van der Waals surface area contributed by atoms with Gasteiger partial charge in [-0.25, -0.2) is 0 Å². The Hall–Kier alpha value is -2.79. The molecule has 0 saturated carbocycles. The van der Waals surface area contributed by atoms with Crippen molar-refractivity contribution >= 4 is 40.9 Å². The number of aryl methyl sites for hydroxylation is 1. The molecule has 0 bridgehead atoms. The number of benzene rings is 2. The van der Waals surface area contributed by atoms with E-state index in [4.69, 9.17) is 16.3 Å². The zero-order chi connectivity index (χ0) is 18.4. The van der Waals surface area contributed by atoms with Crippen LogP contribution in [0.4, 0.5) is 11.4 Å². The van der Waals surface area contributed by atoms with Crippen molar-refractivity contribution in [3.63, 3.8) is 0 Å². The van der Waals surface area contributed by atoms with E-state index in [9.17, 15) is 9.59 Å². The van der Waals surface area contributed by atoms with Crippen LogP contribution >= 0.6 is 11.6 Å². The smallest absolute Gasteiger partial charge is 0.248 e. The highest BCUT2D eigenvalue weighted by Gasteiger charge is 2.06. The maximum Gasteiger partial charge on any atom is 0.248 e. The van der Waals surface area contributed by atoms with Crippen LogP contribution in [0.1, 0.15) is 18.1 Å². The molecule has 0 spiro atoms. The first-order valence-corrected chi connectivity index (χ1v) is 7.97. The molecule has 2 aromatic carbocycles. The average Bonchev–Trinajstić information content (AvgIpc) is 2.55. The number of rotatable bonds is 5. The van der Waals surface area contributed by atoms with Crippen LogP contribution in [0.25, 0.3) is 6.08 Å². The summed E-state index contributed by atoms with van der Waals surface area (Å²) >= 11 is 6.09. The second kappa shape index (κ2) is 8.35. The van der Waals surface area contributed by atoms with E-state index in [1.54, 1.807) is 31.4 Å². The number of hydrogen-bond donors (Lipinski definition) is 2. The molecule has 25 heavy (non-hydrogen) atoms. The second-order valence-electron chi connectivity index (χ2n) is 5.44. The fourth-order valence-electron chi connectivity index (χ4n) is 2.23. The quantitative estimate of drug-likeness (QED) is 0.784. The molecule has 2 aromatic rings. The van der Waals surface area contributed by atoms with Crippen molar-refractivity contribution in [2.24, 2.45) is 0 Å². The van der Waals surface area contributed by atoms with Crippen molar-refractivity contribution < 1.29 is 14.3 Å². The Labute approximate surface area is 151 Å². The van der Waals surface area contributed by atoms with Crippen LogP contribution in [-0.2, 0) is 9.59 Å². The molecule has 0 fully saturated rings. The fourth-order valence-corrected chi connectivity index (χ4v) is 2.39. The Morgan fingerprint density at radius 3 is 2.56 bits per heavy atom. The highest BCUT2D eigenvalue weighted by molar-refractivity contribution is 6.34. The highest BCUT2D eigenvalue weighted by atomic mass is 35.5. The Morgan fingerprint density at radius 2 is 1.88 bits per heavy atom. The zero-order valence-corrected chi connectivity index (χ0v) is 15.0. The number of halogens is 1. The van der Waals surface area contributed by atoms with Crippen molar-refractivity contribution in [1.29, 1.82) is 0 Å². The molecule has 0 radical (unpaired) electrons. The van der Waals surface area contributed by atoms with Crippen molar-refractivity contribution in [3.05, 3.63) is 58.6 Å². The van der Waals surface area contributed by atoms with Crippen LogP contribution in [0.2, 0.25) is 5.02 Å². The molecule has 0 atom stereocenters. The molecule has 6 heteroatoms. The number of methoxy groups -OCH3 is 1. The largest absolute Gasteiger partial charge is 0.496 e. The van der Waals surface area contributed by atoms with Gasteiger partial charge in [-0.05, 0) is 43.3 Å². The minimum Gasteiger partial charge on any atom is -0.496 e. The Bertz CT molecular complexity index is 831. The molecule has 2 rings (SSSR count). The van der Waals surface area contributed by atoms with Gasteiger partial charge in [-0.15, -0.1) is 0 Å². The highest BCUT2D eigenvalue weighted by Crippen LogP contribution is 2.26. The number of ether oxygens (including phenoxy) is 1. The van der Waals surface area contributed by atoms with Gasteiger partial charge in [-0.2, -0.15) is 0 Å². The summed E-state index contributed by atoms with van der Waals surface area (Å²) in [6.07, 6.45) is 3.07. The molecule has 0 aliphatic heterocycles. The van der Waals surface area contributed by atoms with E-state index in [0.29, 0.717) is 22.1 Å². The van der Waals surface area contributed by atoms with Crippen LogP contribution in [0.15, 0.2) is 42.5 Å². The molecule has 0 aliphatic carbocycles. The van der Waals surface area contributed by atoms with Crippen molar-refractivity contribution in [3.8, 4) is 5.75 Å². The summed E-state index contributed by atoms with van der Waals surface area (Å²) in [4.78, 5) is 23.3. The number of amides is 2. The average molecular weight is 359 g/mol. The van der Waals surface area contributed by atoms with Gasteiger partial charge in [0.25, 0.3) is 0 Å². The zero-order valence-electron chi connectivity index (χ0n) is 14.2. The van der Waals surface area contributed by atoms with E-state index >= 15 is 0 Å². The topological polar surface area (TPSA) is 67.4 Å². The van der Waals surface area contributed by atoms with Crippen molar-refractivity contribution in [1.82, 2.24) is 0 Å². The summed E-state index contributed by atoms with van der Waals surface area (Å²) in [6.45, 7) is 3.37. The molecule has 0 heterocycles. The first kappa shape index (κ1) is 18.5. The van der Waals surface area contributed by atoms with Gasteiger partial charge in [0.2, 0.25) is 11.8 Å². The number of nitrogens with one attached hydrogen (secondary N) is 2. The molecule has 5 nitrogen and oxygen atoms in total. The van der Waals surface area contributed by atoms with E-state index in [0.717, 1.165) is 11.1 Å². The van der Waals surface area contributed by atoms with Gasteiger partial charge in [0.15, 0.2) is 0 Å². The lowest BCUT2D eigenvalue weighted by atomic mass is 10.1. The van der Waals surface area contributed by atoms with Crippen LogP contribution in [-0.4, -0.2) is 18.9 Å². The molecule has 0 aromatic heterocycles. The van der Waals surface area contributed by atoms with Gasteiger partial charge in [0.1, 0.15) is 5.75 Å². The standard InChI is InChI=1S/C19H19ClN2O3/c1-12-4-8-18(25-3)14(10-12)5-9-19(24)22-17-11-15(21-13(2)23)6-7-16(17)20/h4-11H,1-3H3,(H,21,23)(H,22,24). The van der Waals surface area contributed by atoms with E-state index in [1.165, 1.54) is 13.0 Å². The molecular weight excluding hydrogens is 340 g/mol. The van der Waals surface area contributed by atoms with Gasteiger partial charge in [-0.1, -0.05) is 23.2 Å². The van der Waals surface area contributed by atoms with E-state index < -0.39 is 0 Å². The molecule has 2 amide bonds. The lowest BCUT2D eigenvalue weighted by molar-refractivity contribution is -0.114. The molecule has 0 aliphatic rings. The van der Waals surface area contributed by atoms with Gasteiger partial charge in [0.05, 0.1) is 17.8 Å². The van der Waals surface area contributed by atoms with Gasteiger partial charge < -0.3 is 15.4 Å². The van der Waals surface area contributed by atoms with Gasteiger partial charge >= 0.3 is 0 Å². The van der Waals surface area contributed by atoms with Gasteiger partial charge in [-0.3, -0.25) is 9.59 Å². The molecule has 0 unspecified atom stereocenters. The Balaban J connectivity index is 2.15. The summed E-state index contributed by atoms with van der Waals surface area (Å²) in [7, 11) is 1.58. The van der Waals surface area contributed by atoms with E-state index in [2.05, 4.69) is 10.6 Å². The van der Waals surface area contributed by atoms with E-state index in [-0.39, 0.29) is 11.8 Å². The fraction of sp³-hybridized carbons (Fsp3) is 0.158. The van der Waals surface area contributed by atoms with E-state index in [1.807, 2.05) is 25.1 Å². The lowest BCUT2D eigenvalue weighted by Gasteiger charge is -2.09. The predicted molar refractivity (Wildman–Crippen MR) is 101 cm³/mol. The number of hydrogen-bond acceptors (Lipinski definition) is 3. The lowest BCUT2D eigenvalue weighted by Crippen LogP contribution is -2.10. The molecule has 130 valence electrons. The van der Waals surface area contributed by atoms with Crippen molar-refractivity contribution in [2.45, 2.75) is 13.8 Å². The third kappa shape index (κ3) is 5.36. The van der Waals surface area contributed by atoms with Gasteiger partial charge in [0, 0.05) is 24.3 Å². The summed E-state index contributed by atoms with van der Waals surface area (Å²) in [5, 5.41) is 5.72. The summed E-state index contributed by atoms with van der Waals surface area (Å²) in [6, 6.07) is 10.6. The SMILES string of the molecule is COc1ccc(C)cc1C=CC(=O)Nc1cc(NC(C)=O)ccc1Cl. The summed E-state index contributed by atoms with van der Waals surface area (Å²) in [5.74, 6) is 0.136. The third-order valence-electron chi connectivity index (χ3n) is 3.34. The Kier molecular flexibility index (Phi) is 6.19. The molecular formula is C19H19ClN2O3. The first-order valence-electron chi connectivity index (χ1n) is 7.60. The summed E-state index contributed by atoms with van der Waals surface area (Å²) < 4.78 is 5.28. The molecule has 0 saturated heterocycles. The van der Waals surface area contributed by atoms with Crippen LogP contribution in [0.3, 0.4) is 0 Å². The van der Waals surface area contributed by atoms with Crippen LogP contribution in [0, 0.1) is 6.92 Å². The minimum absolute atomic E-state index is 0.203. The second-order valence-corrected chi connectivity index (χ2v) is 5.85. The number of anilines is 2. The predicted octanol–water partition coefficient (Wildman–Crippen LogP) is 4.27. The number of carbonyl (C=O) groups is 2. The monoisotopic (exact) mass is 358 g/mol. The molecule has 2 N–H and O–H groups in total. The number of carbonyl (C=O) groups excluding carboxylic acids is 2. The van der Waals surface area contributed by atoms with Crippen LogP contribution < -0.4 is 15.4 Å². The minimum atomic E-state index is -0.342. The maximum absolute atomic E-state index is 12.2. The Morgan fingerprint density at radius 1 is 1.12 bits per heavy atom. The van der Waals surface area contributed by atoms with Crippen molar-refractivity contribution in [2.75, 3.05) is 17.7 Å². The normalized spacial score (nSPS) is 10.6. The third-order valence-corrected chi connectivity index (χ3v) is 3.67. The summed E-state index contributed by atoms with van der Waals surface area (Å²) in [5.41, 5.74) is 2.83. The first-order chi connectivity index (χ1) is 11.9. The van der Waals surface area contributed by atoms with Crippen LogP contribution in [0.5, 0.6) is 5.75 Å². The maximum atomic E-state index is 12.2.